The monoisotopic (exact) mass is 227 g/mol. The minimum absolute atomic E-state index is 0.391. The summed E-state index contributed by atoms with van der Waals surface area (Å²) in [6.45, 7) is 7.05. The van der Waals surface area contributed by atoms with Crippen LogP contribution in [-0.2, 0) is 0 Å². The first-order valence-corrected chi connectivity index (χ1v) is 5.96. The highest BCUT2D eigenvalue weighted by atomic mass is 32.1. The molecular weight excluding hydrogens is 210 g/mol. The van der Waals surface area contributed by atoms with E-state index >= 15 is 0 Å². The first-order chi connectivity index (χ1) is 7.04. The van der Waals surface area contributed by atoms with Gasteiger partial charge >= 0.3 is 0 Å². The van der Waals surface area contributed by atoms with Crippen molar-refractivity contribution in [2.24, 2.45) is 5.41 Å². The third-order valence-corrected chi connectivity index (χ3v) is 3.56. The summed E-state index contributed by atoms with van der Waals surface area (Å²) in [4.78, 5) is 0. The Morgan fingerprint density at radius 2 is 2.33 bits per heavy atom. The maximum Gasteiger partial charge on any atom is 0.197 e. The number of hydrogen-bond acceptors (Lipinski definition) is 5. The molecule has 1 aromatic heterocycles. The number of rotatable bonds is 4. The van der Waals surface area contributed by atoms with Crippen molar-refractivity contribution < 1.29 is 4.74 Å². The van der Waals surface area contributed by atoms with Crippen LogP contribution in [-0.4, -0.2) is 17.0 Å². The Morgan fingerprint density at radius 1 is 1.67 bits per heavy atom. The molecule has 1 heterocycles. The number of aromatic nitrogens is 1. The summed E-state index contributed by atoms with van der Waals surface area (Å²) in [5, 5.41) is 4.39. The van der Waals surface area contributed by atoms with E-state index < -0.39 is 0 Å². The predicted molar refractivity (Wildman–Crippen MR) is 63.5 cm³/mol. The summed E-state index contributed by atoms with van der Waals surface area (Å²) >= 11 is 1.37. The Hall–Kier alpha value is -0.970. The van der Waals surface area contributed by atoms with Crippen LogP contribution in [0.5, 0.6) is 5.75 Å². The van der Waals surface area contributed by atoms with Crippen LogP contribution in [0.1, 0.15) is 27.2 Å². The van der Waals surface area contributed by atoms with E-state index in [1.54, 1.807) is 0 Å². The topological polar surface area (TPSA) is 60.2 Å². The van der Waals surface area contributed by atoms with Gasteiger partial charge in [-0.3, -0.25) is 0 Å². The Bertz CT molecular complexity index is 362. The minimum Gasteiger partial charge on any atom is -0.487 e. The second-order valence-electron chi connectivity index (χ2n) is 4.55. The van der Waals surface area contributed by atoms with E-state index in [1.807, 2.05) is 6.92 Å². The van der Waals surface area contributed by atoms with Crippen molar-refractivity contribution in [3.63, 3.8) is 0 Å². The van der Waals surface area contributed by atoms with Gasteiger partial charge in [-0.05, 0) is 30.3 Å². The van der Waals surface area contributed by atoms with Crippen molar-refractivity contribution in [1.82, 2.24) is 4.37 Å². The summed E-state index contributed by atoms with van der Waals surface area (Å²) < 4.78 is 9.56. The standard InChI is InChI=1S/C10H17N3OS/c1-4-14-7-8(11)13-15-9(7)12-6-5-10(6,2)3/h6,12H,4-5H2,1-3H3,(H2,11,13). The number of nitrogens with zero attached hydrogens (tertiary/aromatic N) is 1. The molecule has 1 aromatic rings. The molecule has 1 aliphatic rings. The van der Waals surface area contributed by atoms with E-state index in [9.17, 15) is 0 Å². The molecule has 0 aliphatic heterocycles. The minimum atomic E-state index is 0.391. The van der Waals surface area contributed by atoms with Gasteiger partial charge in [-0.25, -0.2) is 0 Å². The highest BCUT2D eigenvalue weighted by Crippen LogP contribution is 2.48. The Morgan fingerprint density at radius 3 is 2.87 bits per heavy atom. The third-order valence-electron chi connectivity index (χ3n) is 2.78. The largest absolute Gasteiger partial charge is 0.487 e. The van der Waals surface area contributed by atoms with E-state index in [0.717, 1.165) is 5.00 Å². The van der Waals surface area contributed by atoms with Crippen LogP contribution in [0.4, 0.5) is 10.8 Å². The molecular formula is C10H17N3OS. The molecule has 0 radical (unpaired) electrons. The maximum atomic E-state index is 5.73. The predicted octanol–water partition coefficient (Wildman–Crippen LogP) is 2.33. The Balaban J connectivity index is 2.08. The van der Waals surface area contributed by atoms with Gasteiger partial charge in [0.05, 0.1) is 6.61 Å². The van der Waals surface area contributed by atoms with Crippen molar-refractivity contribution >= 4 is 22.4 Å². The SMILES string of the molecule is CCOc1c(N)nsc1NC1CC1(C)C. The van der Waals surface area contributed by atoms with Crippen molar-refractivity contribution in [2.45, 2.75) is 33.2 Å². The molecule has 1 saturated carbocycles. The van der Waals surface area contributed by atoms with Crippen LogP contribution < -0.4 is 15.8 Å². The van der Waals surface area contributed by atoms with Crippen molar-refractivity contribution in [2.75, 3.05) is 17.7 Å². The molecule has 1 aliphatic carbocycles. The summed E-state index contributed by atoms with van der Waals surface area (Å²) in [5.41, 5.74) is 6.12. The molecule has 3 N–H and O–H groups in total. The molecule has 5 heteroatoms. The second-order valence-corrected chi connectivity index (χ2v) is 5.32. The van der Waals surface area contributed by atoms with E-state index in [0.29, 0.717) is 29.6 Å². The third kappa shape index (κ3) is 2.02. The van der Waals surface area contributed by atoms with E-state index in [1.165, 1.54) is 18.0 Å². The molecule has 0 bridgehead atoms. The quantitative estimate of drug-likeness (QED) is 0.828. The first-order valence-electron chi connectivity index (χ1n) is 5.19. The molecule has 1 fully saturated rings. The van der Waals surface area contributed by atoms with Gasteiger partial charge in [-0.1, -0.05) is 13.8 Å². The van der Waals surface area contributed by atoms with Gasteiger partial charge in [0.2, 0.25) is 0 Å². The lowest BCUT2D eigenvalue weighted by atomic mass is 10.2. The van der Waals surface area contributed by atoms with Crippen molar-refractivity contribution in [1.29, 1.82) is 0 Å². The maximum absolute atomic E-state index is 5.73. The number of ether oxygens (including phenoxy) is 1. The summed E-state index contributed by atoms with van der Waals surface area (Å²) in [6, 6.07) is 0.525. The molecule has 1 unspecified atom stereocenters. The van der Waals surface area contributed by atoms with Gasteiger partial charge in [0, 0.05) is 6.04 Å². The van der Waals surface area contributed by atoms with Crippen LogP contribution >= 0.6 is 11.5 Å². The lowest BCUT2D eigenvalue weighted by molar-refractivity contribution is 0.344. The van der Waals surface area contributed by atoms with Crippen LogP contribution in [0.2, 0.25) is 0 Å². The average molecular weight is 227 g/mol. The van der Waals surface area contributed by atoms with Gasteiger partial charge in [0.1, 0.15) is 0 Å². The van der Waals surface area contributed by atoms with Gasteiger partial charge in [-0.2, -0.15) is 4.37 Å². The number of nitrogens with one attached hydrogen (secondary N) is 1. The highest BCUT2D eigenvalue weighted by Gasteiger charge is 2.46. The zero-order valence-electron chi connectivity index (χ0n) is 9.33. The highest BCUT2D eigenvalue weighted by molar-refractivity contribution is 7.11. The number of hydrogen-bond donors (Lipinski definition) is 2. The first kappa shape index (κ1) is 10.5. The molecule has 0 aromatic carbocycles. The summed E-state index contributed by atoms with van der Waals surface area (Å²) in [6.07, 6.45) is 1.19. The van der Waals surface area contributed by atoms with Gasteiger partial charge in [-0.15, -0.1) is 0 Å². The van der Waals surface area contributed by atoms with Gasteiger partial charge in [0.15, 0.2) is 16.6 Å². The van der Waals surface area contributed by atoms with Crippen LogP contribution in [0.3, 0.4) is 0 Å². The molecule has 1 atom stereocenters. The molecule has 2 rings (SSSR count). The fraction of sp³-hybridized carbons (Fsp3) is 0.700. The van der Waals surface area contributed by atoms with E-state index in [4.69, 9.17) is 10.5 Å². The van der Waals surface area contributed by atoms with Crippen LogP contribution in [0.15, 0.2) is 0 Å². The molecule has 0 spiro atoms. The number of nitrogen functional groups attached to an aromatic ring is 1. The zero-order valence-corrected chi connectivity index (χ0v) is 10.1. The second kappa shape index (κ2) is 3.56. The number of anilines is 2. The molecule has 0 saturated heterocycles. The summed E-state index contributed by atoms with van der Waals surface area (Å²) in [7, 11) is 0. The molecule has 84 valence electrons. The molecule has 0 amide bonds. The molecule has 4 nitrogen and oxygen atoms in total. The average Bonchev–Trinajstić information content (AvgIpc) is 2.61. The van der Waals surface area contributed by atoms with E-state index in [2.05, 4.69) is 23.5 Å². The smallest absolute Gasteiger partial charge is 0.197 e. The fourth-order valence-electron chi connectivity index (χ4n) is 1.54. The van der Waals surface area contributed by atoms with Gasteiger partial charge < -0.3 is 15.8 Å². The van der Waals surface area contributed by atoms with Crippen molar-refractivity contribution in [3.8, 4) is 5.75 Å². The van der Waals surface area contributed by atoms with Crippen LogP contribution in [0, 0.1) is 5.41 Å². The lowest BCUT2D eigenvalue weighted by Gasteiger charge is -2.08. The molecule has 15 heavy (non-hydrogen) atoms. The van der Waals surface area contributed by atoms with Gasteiger partial charge in [0.25, 0.3) is 0 Å². The van der Waals surface area contributed by atoms with Crippen molar-refractivity contribution in [3.05, 3.63) is 0 Å². The fourth-order valence-corrected chi connectivity index (χ4v) is 2.26. The Kier molecular flexibility index (Phi) is 2.50. The lowest BCUT2D eigenvalue weighted by Crippen LogP contribution is -2.08. The summed E-state index contributed by atoms with van der Waals surface area (Å²) in [5.74, 6) is 1.20. The zero-order chi connectivity index (χ0) is 11.1. The number of nitrogens with two attached hydrogens (primary N) is 1. The normalized spacial score (nSPS) is 22.5. The van der Waals surface area contributed by atoms with E-state index in [-0.39, 0.29) is 0 Å². The van der Waals surface area contributed by atoms with Crippen LogP contribution in [0.25, 0.3) is 0 Å². The Labute approximate surface area is 94.0 Å².